The van der Waals surface area contributed by atoms with E-state index < -0.39 is 5.97 Å². The van der Waals surface area contributed by atoms with E-state index in [0.29, 0.717) is 17.7 Å². The fourth-order valence-corrected chi connectivity index (χ4v) is 3.19. The number of benzene rings is 2. The minimum atomic E-state index is -0.908. The fourth-order valence-electron chi connectivity index (χ4n) is 3.19. The van der Waals surface area contributed by atoms with Crippen LogP contribution in [0.1, 0.15) is 34.3 Å². The van der Waals surface area contributed by atoms with E-state index in [4.69, 9.17) is 9.84 Å². The molecular weight excluding hydrogens is 318 g/mol. The molecule has 1 aliphatic heterocycles. The summed E-state index contributed by atoms with van der Waals surface area (Å²) in [6.07, 6.45) is 2.80. The van der Waals surface area contributed by atoms with E-state index in [1.165, 1.54) is 0 Å². The quantitative estimate of drug-likeness (QED) is 0.928. The zero-order valence-corrected chi connectivity index (χ0v) is 14.2. The van der Waals surface area contributed by atoms with Crippen molar-refractivity contribution in [1.82, 2.24) is 0 Å². The number of carbonyl (C=O) groups is 2. The number of fused-ring (bicyclic) bond motifs is 1. The third-order valence-corrected chi connectivity index (χ3v) is 4.44. The number of ether oxygens (including phenoxy) is 1. The predicted molar refractivity (Wildman–Crippen MR) is 95.4 cm³/mol. The molecule has 0 spiro atoms. The second-order valence-electron chi connectivity index (χ2n) is 6.18. The van der Waals surface area contributed by atoms with Gasteiger partial charge < -0.3 is 14.7 Å². The first kappa shape index (κ1) is 17.0. The Balaban J connectivity index is 1.96. The summed E-state index contributed by atoms with van der Waals surface area (Å²) in [6.45, 7) is 0.641. The number of anilines is 1. The number of carbonyl (C=O) groups excluding carboxylic acids is 1. The van der Waals surface area contributed by atoms with Crippen molar-refractivity contribution in [2.75, 3.05) is 18.6 Å². The Labute approximate surface area is 146 Å². The summed E-state index contributed by atoms with van der Waals surface area (Å²) in [5.74, 6) is -0.295. The maximum Gasteiger partial charge on any atom is 0.307 e. The maximum atomic E-state index is 13.1. The summed E-state index contributed by atoms with van der Waals surface area (Å²) in [4.78, 5) is 25.8. The molecule has 0 radical (unpaired) electrons. The lowest BCUT2D eigenvalue weighted by Gasteiger charge is -2.24. The standard InChI is InChI=1S/C20H21NO4/c1-25-17-9-8-15-6-2-3-10-21(18(15)13-17)20(24)16-7-4-5-14(11-16)12-19(22)23/h4-5,7-9,11,13H,2-3,6,10,12H2,1H3,(H,22,23). The average molecular weight is 339 g/mol. The molecule has 0 atom stereocenters. The first-order valence-electron chi connectivity index (χ1n) is 8.38. The summed E-state index contributed by atoms with van der Waals surface area (Å²) in [5, 5.41) is 8.96. The lowest BCUT2D eigenvalue weighted by atomic mass is 10.1. The van der Waals surface area contributed by atoms with E-state index in [0.717, 1.165) is 36.3 Å². The van der Waals surface area contributed by atoms with Gasteiger partial charge in [-0.15, -0.1) is 0 Å². The van der Waals surface area contributed by atoms with Gasteiger partial charge in [-0.3, -0.25) is 9.59 Å². The van der Waals surface area contributed by atoms with Crippen LogP contribution in [0.2, 0.25) is 0 Å². The van der Waals surface area contributed by atoms with Crippen LogP contribution in [-0.2, 0) is 17.6 Å². The molecule has 0 unspecified atom stereocenters. The molecular formula is C20H21NO4. The molecule has 0 fully saturated rings. The van der Waals surface area contributed by atoms with E-state index >= 15 is 0 Å². The third-order valence-electron chi connectivity index (χ3n) is 4.44. The molecule has 2 aromatic rings. The number of methoxy groups -OCH3 is 1. The Morgan fingerprint density at radius 2 is 2.00 bits per heavy atom. The van der Waals surface area contributed by atoms with Crippen LogP contribution in [0.3, 0.4) is 0 Å². The van der Waals surface area contributed by atoms with Crippen LogP contribution in [0.15, 0.2) is 42.5 Å². The summed E-state index contributed by atoms with van der Waals surface area (Å²) < 4.78 is 5.31. The molecule has 0 saturated heterocycles. The van der Waals surface area contributed by atoms with E-state index in [1.54, 1.807) is 36.3 Å². The van der Waals surface area contributed by atoms with Crippen molar-refractivity contribution in [3.05, 3.63) is 59.2 Å². The van der Waals surface area contributed by atoms with Crippen LogP contribution in [0, 0.1) is 0 Å². The molecule has 0 aromatic heterocycles. The maximum absolute atomic E-state index is 13.1. The minimum absolute atomic E-state index is 0.0917. The van der Waals surface area contributed by atoms with Crippen LogP contribution in [0.5, 0.6) is 5.75 Å². The van der Waals surface area contributed by atoms with Gasteiger partial charge in [0.1, 0.15) is 5.75 Å². The third kappa shape index (κ3) is 3.82. The van der Waals surface area contributed by atoms with Gasteiger partial charge in [0.05, 0.1) is 19.2 Å². The Morgan fingerprint density at radius 3 is 2.76 bits per heavy atom. The van der Waals surface area contributed by atoms with Crippen molar-refractivity contribution >= 4 is 17.6 Å². The first-order chi connectivity index (χ1) is 12.1. The normalized spacial score (nSPS) is 13.7. The molecule has 1 aliphatic rings. The highest BCUT2D eigenvalue weighted by Gasteiger charge is 2.23. The van der Waals surface area contributed by atoms with E-state index in [9.17, 15) is 9.59 Å². The van der Waals surface area contributed by atoms with Crippen LogP contribution >= 0.6 is 0 Å². The van der Waals surface area contributed by atoms with Crippen molar-refractivity contribution in [1.29, 1.82) is 0 Å². The van der Waals surface area contributed by atoms with Crippen molar-refractivity contribution in [3.63, 3.8) is 0 Å². The topological polar surface area (TPSA) is 66.8 Å². The molecule has 2 aromatic carbocycles. The van der Waals surface area contributed by atoms with Crippen molar-refractivity contribution in [2.45, 2.75) is 25.7 Å². The molecule has 5 heteroatoms. The van der Waals surface area contributed by atoms with Crippen molar-refractivity contribution in [3.8, 4) is 5.75 Å². The largest absolute Gasteiger partial charge is 0.497 e. The number of carboxylic acid groups (broad SMARTS) is 1. The van der Waals surface area contributed by atoms with Gasteiger partial charge in [-0.25, -0.2) is 0 Å². The summed E-state index contributed by atoms with van der Waals surface area (Å²) in [7, 11) is 1.61. The minimum Gasteiger partial charge on any atom is -0.497 e. The second kappa shape index (κ2) is 7.38. The van der Waals surface area contributed by atoms with E-state index in [-0.39, 0.29) is 12.3 Å². The van der Waals surface area contributed by atoms with Gasteiger partial charge in [0.2, 0.25) is 0 Å². The SMILES string of the molecule is COc1ccc2c(c1)N(C(=O)c1cccc(CC(=O)O)c1)CCCC2. The lowest BCUT2D eigenvalue weighted by molar-refractivity contribution is -0.136. The molecule has 0 aliphatic carbocycles. The molecule has 1 N–H and O–H groups in total. The summed E-state index contributed by atoms with van der Waals surface area (Å²) >= 11 is 0. The highest BCUT2D eigenvalue weighted by atomic mass is 16.5. The zero-order valence-electron chi connectivity index (χ0n) is 14.2. The molecule has 0 bridgehead atoms. The molecule has 25 heavy (non-hydrogen) atoms. The van der Waals surface area contributed by atoms with Gasteiger partial charge >= 0.3 is 5.97 Å². The Bertz CT molecular complexity index is 800. The van der Waals surface area contributed by atoms with Gasteiger partial charge in [-0.1, -0.05) is 18.2 Å². The number of hydrogen-bond acceptors (Lipinski definition) is 3. The van der Waals surface area contributed by atoms with Gasteiger partial charge in [0.25, 0.3) is 5.91 Å². The second-order valence-corrected chi connectivity index (χ2v) is 6.18. The molecule has 1 heterocycles. The number of nitrogens with zero attached hydrogens (tertiary/aromatic N) is 1. The lowest BCUT2D eigenvalue weighted by Crippen LogP contribution is -2.31. The first-order valence-corrected chi connectivity index (χ1v) is 8.38. The Morgan fingerprint density at radius 1 is 1.16 bits per heavy atom. The van der Waals surface area contributed by atoms with Crippen molar-refractivity contribution < 1.29 is 19.4 Å². The van der Waals surface area contributed by atoms with Crippen molar-refractivity contribution in [2.24, 2.45) is 0 Å². The highest BCUT2D eigenvalue weighted by molar-refractivity contribution is 6.06. The van der Waals surface area contributed by atoms with E-state index in [1.807, 2.05) is 18.2 Å². The van der Waals surface area contributed by atoms with E-state index in [2.05, 4.69) is 0 Å². The van der Waals surface area contributed by atoms with Gasteiger partial charge in [-0.05, 0) is 48.6 Å². The summed E-state index contributed by atoms with van der Waals surface area (Å²) in [5.41, 5.74) is 3.15. The number of carboxylic acids is 1. The summed E-state index contributed by atoms with van der Waals surface area (Å²) in [6, 6.07) is 12.7. The van der Waals surface area contributed by atoms with Crippen LogP contribution in [-0.4, -0.2) is 30.6 Å². The zero-order chi connectivity index (χ0) is 17.8. The Kier molecular flexibility index (Phi) is 5.03. The monoisotopic (exact) mass is 339 g/mol. The van der Waals surface area contributed by atoms with Crippen LogP contribution in [0.4, 0.5) is 5.69 Å². The predicted octanol–water partition coefficient (Wildman–Crippen LogP) is 3.31. The molecule has 1 amide bonds. The van der Waals surface area contributed by atoms with Gasteiger partial charge in [0, 0.05) is 18.2 Å². The average Bonchev–Trinajstić information content (AvgIpc) is 2.82. The van der Waals surface area contributed by atoms with Crippen LogP contribution in [0.25, 0.3) is 0 Å². The molecule has 0 saturated carbocycles. The molecule has 5 nitrogen and oxygen atoms in total. The number of aliphatic carboxylic acids is 1. The number of amides is 1. The smallest absolute Gasteiger partial charge is 0.307 e. The number of hydrogen-bond donors (Lipinski definition) is 1. The Hall–Kier alpha value is -2.82. The number of rotatable bonds is 4. The molecule has 130 valence electrons. The van der Waals surface area contributed by atoms with Gasteiger partial charge in [-0.2, -0.15) is 0 Å². The fraction of sp³-hybridized carbons (Fsp3) is 0.300. The molecule has 3 rings (SSSR count). The highest BCUT2D eigenvalue weighted by Crippen LogP contribution is 2.31. The van der Waals surface area contributed by atoms with Gasteiger partial charge in [0.15, 0.2) is 0 Å². The van der Waals surface area contributed by atoms with Crippen LogP contribution < -0.4 is 9.64 Å². The number of aryl methyl sites for hydroxylation is 1.